The van der Waals surface area contributed by atoms with E-state index in [1.165, 1.54) is 11.3 Å². The predicted octanol–water partition coefficient (Wildman–Crippen LogP) is 3.01. The zero-order valence-electron chi connectivity index (χ0n) is 18.0. The van der Waals surface area contributed by atoms with Crippen LogP contribution in [0.5, 0.6) is 0 Å². The Kier molecular flexibility index (Phi) is 6.14. The molecule has 3 heterocycles. The number of likely N-dealkylation sites (tertiary alicyclic amines) is 2. The SMILES string of the molecule is CNC(=O)[C@H]1C[C@]2(CCCCN(C)C2=O)N(C(=O)Cc2cccs2)[C@H]1c1ccccc1. The molecule has 0 radical (unpaired) electrons. The van der Waals surface area contributed by atoms with Crippen LogP contribution in [0.3, 0.4) is 0 Å². The molecular formula is C24H29N3O3S. The van der Waals surface area contributed by atoms with Gasteiger partial charge in [0.2, 0.25) is 17.7 Å². The van der Waals surface area contributed by atoms with Gasteiger partial charge in [-0.15, -0.1) is 11.3 Å². The molecule has 0 unspecified atom stereocenters. The minimum atomic E-state index is -0.989. The summed E-state index contributed by atoms with van der Waals surface area (Å²) in [6.45, 7) is 0.675. The first-order valence-electron chi connectivity index (χ1n) is 10.8. The van der Waals surface area contributed by atoms with Gasteiger partial charge in [0.05, 0.1) is 18.4 Å². The minimum absolute atomic E-state index is 0.0446. The molecule has 164 valence electrons. The van der Waals surface area contributed by atoms with Crippen LogP contribution in [0.25, 0.3) is 0 Å². The van der Waals surface area contributed by atoms with Gasteiger partial charge in [-0.1, -0.05) is 36.4 Å². The van der Waals surface area contributed by atoms with Gasteiger partial charge >= 0.3 is 0 Å². The molecule has 0 aliphatic carbocycles. The molecule has 1 N–H and O–H groups in total. The fourth-order valence-corrected chi connectivity index (χ4v) is 5.95. The largest absolute Gasteiger partial charge is 0.359 e. The lowest BCUT2D eigenvalue weighted by Gasteiger charge is -2.41. The van der Waals surface area contributed by atoms with Crippen LogP contribution in [-0.2, 0) is 20.8 Å². The van der Waals surface area contributed by atoms with Gasteiger partial charge in [-0.2, -0.15) is 0 Å². The van der Waals surface area contributed by atoms with Gasteiger partial charge in [-0.05, 0) is 42.7 Å². The van der Waals surface area contributed by atoms with E-state index in [9.17, 15) is 14.4 Å². The molecule has 6 nitrogen and oxygen atoms in total. The zero-order valence-corrected chi connectivity index (χ0v) is 18.9. The third-order valence-corrected chi connectivity index (χ3v) is 7.53. The first kappa shape index (κ1) is 21.6. The average Bonchev–Trinajstić information content (AvgIpc) is 3.39. The summed E-state index contributed by atoms with van der Waals surface area (Å²) in [7, 11) is 3.43. The third kappa shape index (κ3) is 3.87. The summed E-state index contributed by atoms with van der Waals surface area (Å²) in [5, 5.41) is 4.73. The van der Waals surface area contributed by atoms with Crippen molar-refractivity contribution < 1.29 is 14.4 Å². The number of nitrogens with zero attached hydrogens (tertiary/aromatic N) is 2. The molecule has 0 saturated carbocycles. The molecule has 1 aromatic carbocycles. The van der Waals surface area contributed by atoms with Crippen molar-refractivity contribution in [2.24, 2.45) is 5.92 Å². The molecule has 4 rings (SSSR count). The van der Waals surface area contributed by atoms with Gasteiger partial charge in [0, 0.05) is 25.5 Å². The molecule has 2 saturated heterocycles. The van der Waals surface area contributed by atoms with Gasteiger partial charge in [0.15, 0.2) is 0 Å². The number of nitrogens with one attached hydrogen (secondary N) is 1. The summed E-state index contributed by atoms with van der Waals surface area (Å²) < 4.78 is 0. The molecule has 1 spiro atoms. The normalized spacial score (nSPS) is 26.2. The monoisotopic (exact) mass is 439 g/mol. The van der Waals surface area contributed by atoms with Crippen LogP contribution in [0.4, 0.5) is 0 Å². The van der Waals surface area contributed by atoms with Gasteiger partial charge in [-0.3, -0.25) is 14.4 Å². The lowest BCUT2D eigenvalue weighted by Crippen LogP contribution is -2.57. The van der Waals surface area contributed by atoms with Gasteiger partial charge in [0.25, 0.3) is 0 Å². The number of carbonyl (C=O) groups excluding carboxylic acids is 3. The molecule has 3 atom stereocenters. The summed E-state index contributed by atoms with van der Waals surface area (Å²) in [5.74, 6) is -0.738. The number of hydrogen-bond donors (Lipinski definition) is 1. The predicted molar refractivity (Wildman–Crippen MR) is 120 cm³/mol. The maximum Gasteiger partial charge on any atom is 0.248 e. The number of benzene rings is 1. The minimum Gasteiger partial charge on any atom is -0.359 e. The van der Waals surface area contributed by atoms with Crippen molar-refractivity contribution in [3.8, 4) is 0 Å². The maximum absolute atomic E-state index is 13.8. The number of thiophene rings is 1. The van der Waals surface area contributed by atoms with Gasteiger partial charge in [0.1, 0.15) is 5.54 Å². The Morgan fingerprint density at radius 2 is 1.94 bits per heavy atom. The third-order valence-electron chi connectivity index (χ3n) is 6.66. The van der Waals surface area contributed by atoms with Crippen LogP contribution in [0, 0.1) is 5.92 Å². The van der Waals surface area contributed by atoms with E-state index in [1.54, 1.807) is 16.8 Å². The van der Waals surface area contributed by atoms with Gasteiger partial charge < -0.3 is 15.1 Å². The number of rotatable bonds is 4. The molecule has 0 bridgehead atoms. The molecule has 2 aliphatic rings. The Labute approximate surface area is 187 Å². The lowest BCUT2D eigenvalue weighted by atomic mass is 9.85. The topological polar surface area (TPSA) is 69.7 Å². The number of amides is 3. The van der Waals surface area contributed by atoms with Gasteiger partial charge in [-0.25, -0.2) is 0 Å². The van der Waals surface area contributed by atoms with Crippen LogP contribution < -0.4 is 5.32 Å². The standard InChI is InChI=1S/C24H29N3O3S/c1-25-22(29)19-16-24(12-6-7-13-26(2)23(24)30)27(20(28)15-18-11-8-14-31-18)21(19)17-9-4-3-5-10-17/h3-5,8-11,14,19,21H,6-7,12-13,15-16H2,1-2H3,(H,25,29)/t19-,21-,24-/m0/s1. The zero-order chi connectivity index (χ0) is 22.0. The highest BCUT2D eigenvalue weighted by Crippen LogP contribution is 2.51. The summed E-state index contributed by atoms with van der Waals surface area (Å²) in [5.41, 5.74) is -0.0933. The Morgan fingerprint density at radius 1 is 1.16 bits per heavy atom. The van der Waals surface area contributed by atoms with E-state index >= 15 is 0 Å². The van der Waals surface area contributed by atoms with Crippen molar-refractivity contribution in [3.63, 3.8) is 0 Å². The molecular weight excluding hydrogens is 410 g/mol. The Balaban J connectivity index is 1.85. The van der Waals surface area contributed by atoms with E-state index in [4.69, 9.17) is 0 Å². The fraction of sp³-hybridized carbons (Fsp3) is 0.458. The van der Waals surface area contributed by atoms with Crippen molar-refractivity contribution in [2.75, 3.05) is 20.6 Å². The van der Waals surface area contributed by atoms with Crippen LogP contribution in [-0.4, -0.2) is 53.7 Å². The number of carbonyl (C=O) groups is 3. The maximum atomic E-state index is 13.8. The average molecular weight is 440 g/mol. The van der Waals surface area contributed by atoms with Crippen LogP contribution in [0.2, 0.25) is 0 Å². The highest BCUT2D eigenvalue weighted by molar-refractivity contribution is 7.10. The molecule has 2 aliphatic heterocycles. The summed E-state index contributed by atoms with van der Waals surface area (Å²) in [6, 6.07) is 13.1. The van der Waals surface area contributed by atoms with Crippen molar-refractivity contribution in [1.29, 1.82) is 0 Å². The Bertz CT molecular complexity index is 946. The molecule has 2 fully saturated rings. The Hall–Kier alpha value is -2.67. The first-order valence-corrected chi connectivity index (χ1v) is 11.7. The van der Waals surface area contributed by atoms with Crippen molar-refractivity contribution in [2.45, 2.75) is 43.7 Å². The molecule has 3 amide bonds. The second kappa shape index (κ2) is 8.83. The number of hydrogen-bond acceptors (Lipinski definition) is 4. The number of likely N-dealkylation sites (N-methyl/N-ethyl adjacent to an activating group) is 1. The molecule has 2 aromatic rings. The summed E-state index contributed by atoms with van der Waals surface area (Å²) >= 11 is 1.54. The van der Waals surface area contributed by atoms with Crippen LogP contribution in [0.1, 0.15) is 42.2 Å². The van der Waals surface area contributed by atoms with Crippen molar-refractivity contribution >= 4 is 29.1 Å². The quantitative estimate of drug-likeness (QED) is 0.796. The van der Waals surface area contributed by atoms with Crippen molar-refractivity contribution in [1.82, 2.24) is 15.1 Å². The van der Waals surface area contributed by atoms with Crippen LogP contribution in [0.15, 0.2) is 47.8 Å². The Morgan fingerprint density at radius 3 is 2.61 bits per heavy atom. The lowest BCUT2D eigenvalue weighted by molar-refractivity contribution is -0.152. The van der Waals surface area contributed by atoms with Crippen molar-refractivity contribution in [3.05, 3.63) is 58.3 Å². The molecule has 1 aromatic heterocycles. The molecule has 7 heteroatoms. The second-order valence-electron chi connectivity index (χ2n) is 8.52. The van der Waals surface area contributed by atoms with E-state index in [0.29, 0.717) is 19.4 Å². The highest BCUT2D eigenvalue weighted by atomic mass is 32.1. The van der Waals surface area contributed by atoms with Crippen LogP contribution >= 0.6 is 11.3 Å². The second-order valence-corrected chi connectivity index (χ2v) is 9.55. The van der Waals surface area contributed by atoms with E-state index in [0.717, 1.165) is 23.3 Å². The van der Waals surface area contributed by atoms with E-state index in [-0.39, 0.29) is 24.1 Å². The molecule has 31 heavy (non-hydrogen) atoms. The highest BCUT2D eigenvalue weighted by Gasteiger charge is 2.60. The fourth-order valence-electron chi connectivity index (χ4n) is 5.26. The van der Waals surface area contributed by atoms with E-state index < -0.39 is 17.5 Å². The summed E-state index contributed by atoms with van der Waals surface area (Å²) in [6.07, 6.45) is 2.92. The first-order chi connectivity index (χ1) is 15.0. The van der Waals surface area contributed by atoms with E-state index in [1.807, 2.05) is 54.9 Å². The van der Waals surface area contributed by atoms with E-state index in [2.05, 4.69) is 5.32 Å². The summed E-state index contributed by atoms with van der Waals surface area (Å²) in [4.78, 5) is 45.0. The smallest absolute Gasteiger partial charge is 0.248 e.